The second-order valence-corrected chi connectivity index (χ2v) is 4.64. The Labute approximate surface area is 109 Å². The Balaban J connectivity index is 1.80. The first-order valence-electron chi connectivity index (χ1n) is 6.33. The molecule has 0 spiro atoms. The summed E-state index contributed by atoms with van der Waals surface area (Å²) in [6.45, 7) is 0.300. The van der Waals surface area contributed by atoms with E-state index < -0.39 is 0 Å². The third-order valence-corrected chi connectivity index (χ3v) is 3.35. The zero-order valence-corrected chi connectivity index (χ0v) is 10.4. The van der Waals surface area contributed by atoms with Crippen LogP contribution in [0.5, 0.6) is 0 Å². The Morgan fingerprint density at radius 1 is 1.32 bits per heavy atom. The normalized spacial score (nSPS) is 13.3. The molecule has 0 amide bonds. The highest BCUT2D eigenvalue weighted by atomic mass is 19.1. The zero-order chi connectivity index (χ0) is 13.2. The van der Waals surface area contributed by atoms with E-state index in [1.807, 2.05) is 0 Å². The lowest BCUT2D eigenvalue weighted by Gasteiger charge is -2.07. The van der Waals surface area contributed by atoms with Crippen LogP contribution in [0.4, 0.5) is 10.3 Å². The number of H-pyrrole nitrogens is 1. The van der Waals surface area contributed by atoms with Gasteiger partial charge >= 0.3 is 0 Å². The maximum Gasteiger partial charge on any atom is 0.255 e. The number of aromatic nitrogens is 2. The van der Waals surface area contributed by atoms with Crippen LogP contribution in [-0.2, 0) is 19.4 Å². The Morgan fingerprint density at radius 3 is 3.00 bits per heavy atom. The lowest BCUT2D eigenvalue weighted by atomic mass is 10.2. The minimum Gasteiger partial charge on any atom is -0.352 e. The first-order chi connectivity index (χ1) is 9.24. The first kappa shape index (κ1) is 11.9. The van der Waals surface area contributed by atoms with Crippen LogP contribution in [-0.4, -0.2) is 9.97 Å². The molecule has 4 nitrogen and oxygen atoms in total. The van der Waals surface area contributed by atoms with Crippen LogP contribution in [0.25, 0.3) is 0 Å². The molecule has 0 aliphatic heterocycles. The van der Waals surface area contributed by atoms with Gasteiger partial charge in [-0.2, -0.15) is 0 Å². The monoisotopic (exact) mass is 259 g/mol. The molecule has 0 saturated carbocycles. The minimum absolute atomic E-state index is 0.0847. The summed E-state index contributed by atoms with van der Waals surface area (Å²) in [6, 6.07) is 6.54. The largest absolute Gasteiger partial charge is 0.352 e. The van der Waals surface area contributed by atoms with Gasteiger partial charge in [0.1, 0.15) is 5.82 Å². The number of fused-ring (bicyclic) bond motifs is 1. The predicted octanol–water partition coefficient (Wildman–Crippen LogP) is 2.01. The number of nitrogens with zero attached hydrogens (tertiary/aromatic N) is 1. The summed E-state index contributed by atoms with van der Waals surface area (Å²) in [5.74, 6) is 0.146. The Bertz CT molecular complexity index is 666. The van der Waals surface area contributed by atoms with Gasteiger partial charge in [0.2, 0.25) is 5.95 Å². The fourth-order valence-corrected chi connectivity index (χ4v) is 2.35. The van der Waals surface area contributed by atoms with Crippen molar-refractivity contribution in [3.8, 4) is 0 Å². The molecular formula is C14H14FN3O. The van der Waals surface area contributed by atoms with Crippen LogP contribution < -0.4 is 10.9 Å². The molecule has 98 valence electrons. The van der Waals surface area contributed by atoms with E-state index >= 15 is 0 Å². The van der Waals surface area contributed by atoms with Gasteiger partial charge in [0.15, 0.2) is 0 Å². The minimum atomic E-state index is -0.265. The molecule has 0 saturated heterocycles. The van der Waals surface area contributed by atoms with Crippen LogP contribution in [0.3, 0.4) is 0 Å². The number of aromatic amines is 1. The van der Waals surface area contributed by atoms with Gasteiger partial charge in [0, 0.05) is 17.7 Å². The summed E-state index contributed by atoms with van der Waals surface area (Å²) >= 11 is 0. The number of hydrogen-bond donors (Lipinski definition) is 2. The number of benzene rings is 1. The highest BCUT2D eigenvalue weighted by molar-refractivity contribution is 5.33. The molecule has 1 aliphatic carbocycles. The Kier molecular flexibility index (Phi) is 3.03. The molecule has 5 heteroatoms. The van der Waals surface area contributed by atoms with E-state index in [1.165, 1.54) is 6.07 Å². The second-order valence-electron chi connectivity index (χ2n) is 4.64. The van der Waals surface area contributed by atoms with Gasteiger partial charge in [-0.1, -0.05) is 18.2 Å². The zero-order valence-electron chi connectivity index (χ0n) is 10.4. The van der Waals surface area contributed by atoms with Gasteiger partial charge in [-0.05, 0) is 25.3 Å². The van der Waals surface area contributed by atoms with Crippen LogP contribution in [0.15, 0.2) is 29.1 Å². The van der Waals surface area contributed by atoms with Crippen LogP contribution >= 0.6 is 0 Å². The smallest absolute Gasteiger partial charge is 0.255 e. The van der Waals surface area contributed by atoms with Gasteiger partial charge in [-0.3, -0.25) is 9.78 Å². The molecule has 0 atom stereocenters. The van der Waals surface area contributed by atoms with Gasteiger partial charge in [0.05, 0.1) is 5.69 Å². The molecule has 2 N–H and O–H groups in total. The molecule has 19 heavy (non-hydrogen) atoms. The predicted molar refractivity (Wildman–Crippen MR) is 70.6 cm³/mol. The second kappa shape index (κ2) is 4.84. The van der Waals surface area contributed by atoms with E-state index in [1.54, 1.807) is 18.2 Å². The van der Waals surface area contributed by atoms with Crippen LogP contribution in [0.1, 0.15) is 23.2 Å². The van der Waals surface area contributed by atoms with Gasteiger partial charge in [-0.15, -0.1) is 0 Å². The van der Waals surface area contributed by atoms with E-state index in [-0.39, 0.29) is 11.4 Å². The summed E-state index contributed by atoms with van der Waals surface area (Å²) < 4.78 is 13.5. The fraction of sp³-hybridized carbons (Fsp3) is 0.286. The van der Waals surface area contributed by atoms with Gasteiger partial charge < -0.3 is 5.32 Å². The maximum absolute atomic E-state index is 13.5. The van der Waals surface area contributed by atoms with Gasteiger partial charge in [-0.25, -0.2) is 9.37 Å². The number of aryl methyl sites for hydroxylation is 1. The molecule has 0 unspecified atom stereocenters. The SMILES string of the molecule is O=c1[nH]c(NCc2ccccc2F)nc2c1CCC2. The van der Waals surface area contributed by atoms with Crippen molar-refractivity contribution < 1.29 is 4.39 Å². The highest BCUT2D eigenvalue weighted by Gasteiger charge is 2.16. The summed E-state index contributed by atoms with van der Waals surface area (Å²) in [7, 11) is 0. The average molecular weight is 259 g/mol. The number of nitrogens with one attached hydrogen (secondary N) is 2. The summed E-state index contributed by atoms with van der Waals surface area (Å²) in [4.78, 5) is 18.9. The number of hydrogen-bond acceptors (Lipinski definition) is 3. The van der Waals surface area contributed by atoms with Crippen molar-refractivity contribution in [2.75, 3.05) is 5.32 Å². The van der Waals surface area contributed by atoms with Crippen molar-refractivity contribution in [2.24, 2.45) is 0 Å². The maximum atomic E-state index is 13.5. The van der Waals surface area contributed by atoms with E-state index in [4.69, 9.17) is 0 Å². The van der Waals surface area contributed by atoms with Crippen molar-refractivity contribution in [1.29, 1.82) is 0 Å². The summed E-state index contributed by atoms with van der Waals surface area (Å²) in [5, 5.41) is 2.97. The summed E-state index contributed by atoms with van der Waals surface area (Å²) in [5.41, 5.74) is 2.11. The first-order valence-corrected chi connectivity index (χ1v) is 6.33. The van der Waals surface area contributed by atoms with Crippen LogP contribution in [0, 0.1) is 5.82 Å². The molecule has 0 fully saturated rings. The third-order valence-electron chi connectivity index (χ3n) is 3.35. The molecule has 1 aromatic carbocycles. The lowest BCUT2D eigenvalue weighted by molar-refractivity contribution is 0.612. The van der Waals surface area contributed by atoms with E-state index in [9.17, 15) is 9.18 Å². The molecule has 0 bridgehead atoms. The molecule has 1 aliphatic rings. The van der Waals surface area contributed by atoms with E-state index in [0.29, 0.717) is 18.1 Å². The molecule has 1 aromatic heterocycles. The lowest BCUT2D eigenvalue weighted by Crippen LogP contribution is -2.17. The average Bonchev–Trinajstić information content (AvgIpc) is 2.87. The van der Waals surface area contributed by atoms with Crippen molar-refractivity contribution in [1.82, 2.24) is 9.97 Å². The number of anilines is 1. The topological polar surface area (TPSA) is 57.8 Å². The van der Waals surface area contributed by atoms with Crippen molar-refractivity contribution in [3.63, 3.8) is 0 Å². The molecule has 3 rings (SSSR count). The van der Waals surface area contributed by atoms with Crippen LogP contribution in [0.2, 0.25) is 0 Å². The fourth-order valence-electron chi connectivity index (χ4n) is 2.35. The van der Waals surface area contributed by atoms with Gasteiger partial charge in [0.25, 0.3) is 5.56 Å². The molecular weight excluding hydrogens is 245 g/mol. The quantitative estimate of drug-likeness (QED) is 0.886. The Morgan fingerprint density at radius 2 is 2.16 bits per heavy atom. The Hall–Kier alpha value is -2.17. The number of halogens is 1. The molecule has 0 radical (unpaired) electrons. The van der Waals surface area contributed by atoms with Crippen molar-refractivity contribution >= 4 is 5.95 Å². The standard InChI is InChI=1S/C14H14FN3O/c15-11-6-2-1-4-9(11)8-16-14-17-12-7-3-5-10(12)13(19)18-14/h1-2,4,6H,3,5,7-8H2,(H2,16,17,18,19). The van der Waals surface area contributed by atoms with Crippen molar-refractivity contribution in [2.45, 2.75) is 25.8 Å². The molecule has 1 heterocycles. The van der Waals surface area contributed by atoms with E-state index in [0.717, 1.165) is 30.5 Å². The van der Waals surface area contributed by atoms with E-state index in [2.05, 4.69) is 15.3 Å². The third kappa shape index (κ3) is 2.36. The van der Waals surface area contributed by atoms with Crippen molar-refractivity contribution in [3.05, 3.63) is 57.3 Å². The summed E-state index contributed by atoms with van der Waals surface area (Å²) in [6.07, 6.45) is 2.61. The highest BCUT2D eigenvalue weighted by Crippen LogP contribution is 2.17. The molecule has 2 aromatic rings. The number of rotatable bonds is 3.